The third kappa shape index (κ3) is 3.71. The number of amides is 1. The molecule has 4 rings (SSSR count). The normalized spacial score (nSPS) is 21.4. The molecule has 1 saturated heterocycles. The van der Waals surface area contributed by atoms with Crippen molar-refractivity contribution in [2.75, 3.05) is 19.7 Å². The van der Waals surface area contributed by atoms with E-state index in [1.54, 1.807) is 12.1 Å². The minimum absolute atomic E-state index is 0.213. The molecule has 4 nitrogen and oxygen atoms in total. The number of para-hydroxylation sites is 1. The minimum atomic E-state index is -0.501. The molecule has 2 aliphatic heterocycles. The molecule has 0 bridgehead atoms. The number of benzene rings is 2. The molecule has 28 heavy (non-hydrogen) atoms. The first-order valence-corrected chi connectivity index (χ1v) is 9.81. The third-order valence-electron chi connectivity index (χ3n) is 5.43. The topological polar surface area (TPSA) is 38.8 Å². The lowest BCUT2D eigenvalue weighted by atomic mass is 9.86. The molecule has 1 fully saturated rings. The Hall–Kier alpha value is -2.56. The van der Waals surface area contributed by atoms with Crippen LogP contribution in [0.4, 0.5) is 9.18 Å². The summed E-state index contributed by atoms with van der Waals surface area (Å²) >= 11 is 0. The van der Waals surface area contributed by atoms with Crippen molar-refractivity contribution in [3.8, 4) is 16.9 Å². The van der Waals surface area contributed by atoms with Crippen LogP contribution in [0, 0.1) is 11.7 Å². The first-order valence-electron chi connectivity index (χ1n) is 9.81. The molecule has 1 amide bonds. The van der Waals surface area contributed by atoms with E-state index < -0.39 is 5.60 Å². The van der Waals surface area contributed by atoms with E-state index in [0.717, 1.165) is 28.9 Å². The molecule has 0 N–H and O–H groups in total. The van der Waals surface area contributed by atoms with Gasteiger partial charge in [-0.2, -0.15) is 0 Å². The molecule has 0 aromatic heterocycles. The molecule has 0 unspecified atom stereocenters. The summed E-state index contributed by atoms with van der Waals surface area (Å²) in [6.07, 6.45) is 0.638. The van der Waals surface area contributed by atoms with Crippen molar-refractivity contribution in [2.24, 2.45) is 5.92 Å². The Morgan fingerprint density at radius 1 is 1.14 bits per heavy atom. The van der Waals surface area contributed by atoms with Crippen LogP contribution < -0.4 is 4.74 Å². The summed E-state index contributed by atoms with van der Waals surface area (Å²) in [7, 11) is 0. The minimum Gasteiger partial charge on any atom is -0.493 e. The van der Waals surface area contributed by atoms with Gasteiger partial charge in [-0.3, -0.25) is 0 Å². The van der Waals surface area contributed by atoms with Gasteiger partial charge in [-0.25, -0.2) is 9.18 Å². The molecule has 0 radical (unpaired) electrons. The molecule has 5 heteroatoms. The number of nitrogens with zero attached hydrogens (tertiary/aromatic N) is 1. The number of hydrogen-bond donors (Lipinski definition) is 0. The number of carbonyl (C=O) groups excluding carboxylic acids is 1. The fraction of sp³-hybridized carbons (Fsp3) is 0.435. The average Bonchev–Trinajstić information content (AvgIpc) is 2.98. The van der Waals surface area contributed by atoms with Gasteiger partial charge in [0.1, 0.15) is 17.2 Å². The summed E-state index contributed by atoms with van der Waals surface area (Å²) in [6.45, 7) is 7.58. The third-order valence-corrected chi connectivity index (χ3v) is 5.43. The van der Waals surface area contributed by atoms with Crippen LogP contribution in [-0.4, -0.2) is 36.3 Å². The van der Waals surface area contributed by atoms with Gasteiger partial charge < -0.3 is 14.4 Å². The Labute approximate surface area is 165 Å². The lowest BCUT2D eigenvalue weighted by Crippen LogP contribution is -2.35. The molecule has 0 saturated carbocycles. The van der Waals surface area contributed by atoms with Crippen molar-refractivity contribution in [1.82, 2.24) is 4.90 Å². The number of halogens is 1. The first kappa shape index (κ1) is 18.8. The predicted molar refractivity (Wildman–Crippen MR) is 106 cm³/mol. The summed E-state index contributed by atoms with van der Waals surface area (Å²) in [5.74, 6) is 1.16. The summed E-state index contributed by atoms with van der Waals surface area (Å²) in [5, 5.41) is 0. The molecular weight excluding hydrogens is 357 g/mol. The zero-order valence-corrected chi connectivity index (χ0v) is 16.6. The van der Waals surface area contributed by atoms with Crippen LogP contribution in [0.3, 0.4) is 0 Å². The monoisotopic (exact) mass is 383 g/mol. The second-order valence-corrected chi connectivity index (χ2v) is 8.62. The van der Waals surface area contributed by atoms with Crippen molar-refractivity contribution < 1.29 is 18.7 Å². The van der Waals surface area contributed by atoms with E-state index in [2.05, 4.69) is 6.07 Å². The summed E-state index contributed by atoms with van der Waals surface area (Å²) in [4.78, 5) is 14.4. The lowest BCUT2D eigenvalue weighted by Gasteiger charge is -2.25. The highest BCUT2D eigenvalue weighted by Crippen LogP contribution is 2.45. The van der Waals surface area contributed by atoms with Crippen LogP contribution in [-0.2, 0) is 4.74 Å². The van der Waals surface area contributed by atoms with E-state index in [1.165, 1.54) is 12.1 Å². The molecule has 0 aliphatic carbocycles. The Bertz CT molecular complexity index is 872. The highest BCUT2D eigenvalue weighted by atomic mass is 19.1. The number of hydrogen-bond acceptors (Lipinski definition) is 3. The molecule has 0 spiro atoms. The van der Waals surface area contributed by atoms with E-state index in [1.807, 2.05) is 37.8 Å². The van der Waals surface area contributed by atoms with Crippen molar-refractivity contribution in [1.29, 1.82) is 0 Å². The second kappa shape index (κ2) is 7.12. The largest absolute Gasteiger partial charge is 0.493 e. The van der Waals surface area contributed by atoms with E-state index in [-0.39, 0.29) is 17.8 Å². The van der Waals surface area contributed by atoms with Crippen LogP contribution >= 0.6 is 0 Å². The smallest absolute Gasteiger partial charge is 0.410 e. The average molecular weight is 383 g/mol. The molecule has 2 heterocycles. The van der Waals surface area contributed by atoms with Gasteiger partial charge >= 0.3 is 6.09 Å². The Morgan fingerprint density at radius 3 is 2.61 bits per heavy atom. The molecular formula is C23H26FNO3. The molecule has 2 atom stereocenters. The molecule has 2 aromatic carbocycles. The first-order chi connectivity index (χ1) is 13.3. The van der Waals surface area contributed by atoms with Crippen LogP contribution in [0.5, 0.6) is 5.75 Å². The van der Waals surface area contributed by atoms with Crippen molar-refractivity contribution in [3.05, 3.63) is 53.8 Å². The van der Waals surface area contributed by atoms with Crippen LogP contribution in [0.1, 0.15) is 38.7 Å². The zero-order valence-electron chi connectivity index (χ0n) is 16.6. The van der Waals surface area contributed by atoms with Gasteiger partial charge in [0, 0.05) is 24.6 Å². The van der Waals surface area contributed by atoms with Crippen molar-refractivity contribution >= 4 is 6.09 Å². The van der Waals surface area contributed by atoms with E-state index in [9.17, 15) is 9.18 Å². The second-order valence-electron chi connectivity index (χ2n) is 8.62. The fourth-order valence-corrected chi connectivity index (χ4v) is 4.17. The summed E-state index contributed by atoms with van der Waals surface area (Å²) in [5.41, 5.74) is 2.52. The Balaban J connectivity index is 1.65. The van der Waals surface area contributed by atoms with Gasteiger partial charge in [-0.1, -0.05) is 30.3 Å². The van der Waals surface area contributed by atoms with Crippen molar-refractivity contribution in [2.45, 2.75) is 38.7 Å². The molecule has 2 aromatic rings. The summed E-state index contributed by atoms with van der Waals surface area (Å²) in [6, 6.07) is 12.6. The number of carbonyl (C=O) groups is 1. The Morgan fingerprint density at radius 2 is 1.89 bits per heavy atom. The number of fused-ring (bicyclic) bond motifs is 3. The number of likely N-dealkylation sites (tertiary alicyclic amines) is 1. The maximum atomic E-state index is 13.3. The van der Waals surface area contributed by atoms with Gasteiger partial charge in [0.2, 0.25) is 0 Å². The van der Waals surface area contributed by atoms with Crippen LogP contribution in [0.2, 0.25) is 0 Å². The van der Waals surface area contributed by atoms with Gasteiger partial charge in [0.15, 0.2) is 0 Å². The number of rotatable bonds is 1. The quantitative estimate of drug-likeness (QED) is 0.677. The SMILES string of the molecule is CC(C)(C)OC(=O)N1C[C@@H]2CCOc3c(-c4ccc(F)cc4)cccc3[C@H]2C1. The van der Waals surface area contributed by atoms with Crippen molar-refractivity contribution in [3.63, 3.8) is 0 Å². The highest BCUT2D eigenvalue weighted by molar-refractivity contribution is 5.73. The van der Waals surface area contributed by atoms with Gasteiger partial charge in [0.05, 0.1) is 6.61 Å². The Kier molecular flexibility index (Phi) is 4.77. The highest BCUT2D eigenvalue weighted by Gasteiger charge is 2.40. The van der Waals surface area contributed by atoms with E-state index >= 15 is 0 Å². The maximum Gasteiger partial charge on any atom is 0.410 e. The maximum absolute atomic E-state index is 13.3. The zero-order chi connectivity index (χ0) is 19.9. The van der Waals surface area contributed by atoms with E-state index in [0.29, 0.717) is 25.6 Å². The summed E-state index contributed by atoms with van der Waals surface area (Å²) < 4.78 is 25.1. The van der Waals surface area contributed by atoms with Crippen LogP contribution in [0.25, 0.3) is 11.1 Å². The number of ether oxygens (including phenoxy) is 2. The van der Waals surface area contributed by atoms with Gasteiger partial charge in [-0.15, -0.1) is 0 Å². The standard InChI is InChI=1S/C23H26FNO3/c1-23(2,3)28-22(26)25-13-16-11-12-27-21-18(15-7-9-17(24)10-8-15)5-4-6-19(21)20(16)14-25/h4-10,16,20H,11-14H2,1-3H3/t16-,20-/m0/s1. The lowest BCUT2D eigenvalue weighted by molar-refractivity contribution is 0.0284. The van der Waals surface area contributed by atoms with Gasteiger partial charge in [-0.05, 0) is 56.4 Å². The molecule has 2 aliphatic rings. The van der Waals surface area contributed by atoms with E-state index in [4.69, 9.17) is 9.47 Å². The fourth-order valence-electron chi connectivity index (χ4n) is 4.17. The predicted octanol–water partition coefficient (Wildman–Crippen LogP) is 5.23. The van der Waals surface area contributed by atoms with Crippen LogP contribution in [0.15, 0.2) is 42.5 Å². The molecule has 148 valence electrons. The van der Waals surface area contributed by atoms with Gasteiger partial charge in [0.25, 0.3) is 0 Å².